The lowest BCUT2D eigenvalue weighted by atomic mass is 9.85. The molecule has 2 aromatic carbocycles. The number of nitrogens with zero attached hydrogens (tertiary/aromatic N) is 3. The van der Waals surface area contributed by atoms with Crippen LogP contribution in [0.2, 0.25) is 0 Å². The first-order chi connectivity index (χ1) is 37.0. The number of nitrogens with two attached hydrogens (primary N) is 2. The number of H-pyrrole nitrogens is 1. The maximum atomic E-state index is 14.8. The summed E-state index contributed by atoms with van der Waals surface area (Å²) in [5.74, 6) is -7.10. The van der Waals surface area contributed by atoms with Crippen LogP contribution in [0.4, 0.5) is 4.79 Å². The number of imidazole rings is 1. The molecule has 3 aromatic rings. The highest BCUT2D eigenvalue weighted by Crippen LogP contribution is 2.34. The molecule has 2 aliphatic heterocycles. The van der Waals surface area contributed by atoms with Crippen LogP contribution in [-0.4, -0.2) is 122 Å². The summed E-state index contributed by atoms with van der Waals surface area (Å²) in [5.41, 5.74) is 15.3. The Morgan fingerprint density at radius 3 is 2.13 bits per heavy atom. The van der Waals surface area contributed by atoms with Crippen molar-refractivity contribution in [2.45, 2.75) is 140 Å². The van der Waals surface area contributed by atoms with Gasteiger partial charge in [0.15, 0.2) is 23.3 Å². The van der Waals surface area contributed by atoms with E-state index in [2.05, 4.69) is 36.2 Å². The zero-order chi connectivity index (χ0) is 55.0. The molecule has 21 heteroatoms. The van der Waals surface area contributed by atoms with E-state index in [1.165, 1.54) is 37.2 Å². The van der Waals surface area contributed by atoms with Gasteiger partial charge in [-0.3, -0.25) is 43.3 Å². The topological polar surface area (TPSA) is 298 Å². The summed E-state index contributed by atoms with van der Waals surface area (Å²) in [5, 5.41) is 11.5. The Balaban J connectivity index is 1.23. The third-order valence-electron chi connectivity index (χ3n) is 15.1. The number of carbonyl (C=O) groups is 9. The fraction of sp³-hybridized carbons (Fsp3) is 0.518. The molecule has 3 heterocycles. The van der Waals surface area contributed by atoms with Gasteiger partial charge in [-0.25, -0.2) is 14.7 Å². The molecule has 0 bridgehead atoms. The van der Waals surface area contributed by atoms with Gasteiger partial charge < -0.3 is 37.7 Å². The second-order valence-electron chi connectivity index (χ2n) is 20.8. The normalized spacial score (nSPS) is 26.0. The van der Waals surface area contributed by atoms with Crippen LogP contribution in [0.15, 0.2) is 78.2 Å². The highest BCUT2D eigenvalue weighted by molar-refractivity contribution is 8.76. The number of guanidine groups is 1. The van der Waals surface area contributed by atoms with Crippen molar-refractivity contribution in [1.82, 2.24) is 36.1 Å². The lowest BCUT2D eigenvalue weighted by Gasteiger charge is -2.27. The molecule has 0 radical (unpaired) electrons. The number of amides is 6. The van der Waals surface area contributed by atoms with Crippen LogP contribution >= 0.6 is 21.6 Å². The van der Waals surface area contributed by atoms with Crippen LogP contribution < -0.4 is 32.7 Å². The minimum absolute atomic E-state index is 0.000779. The number of carbonyl (C=O) groups excluding carboxylic acids is 9. The molecule has 0 spiro atoms. The predicted octanol–water partition coefficient (Wildman–Crippen LogP) is 4.72. The number of urea groups is 1. The third-order valence-corrected chi connectivity index (χ3v) is 17.6. The average Bonchev–Trinajstić information content (AvgIpc) is 4.15. The third kappa shape index (κ3) is 16.5. The summed E-state index contributed by atoms with van der Waals surface area (Å²) < 4.78 is 0. The number of Topliss-reactive ketones (excluding diaryl/α,β-unsaturated/α-hetero) is 4. The molecule has 9 N–H and O–H groups in total. The molecule has 3 fully saturated rings. The second-order valence-corrected chi connectivity index (χ2v) is 23.4. The molecule has 4 aliphatic rings. The largest absolute Gasteiger partial charge is 0.370 e. The Morgan fingerprint density at radius 1 is 0.740 bits per heavy atom. The lowest BCUT2D eigenvalue weighted by molar-refractivity contribution is -0.137. The maximum Gasteiger partial charge on any atom is 0.325 e. The minimum atomic E-state index is -1.38. The van der Waals surface area contributed by atoms with Gasteiger partial charge in [-0.2, -0.15) is 0 Å². The number of fused-ring (bicyclic) bond motifs is 1. The van der Waals surface area contributed by atoms with E-state index in [0.717, 1.165) is 64.5 Å². The van der Waals surface area contributed by atoms with Gasteiger partial charge in [0.1, 0.15) is 17.9 Å². The van der Waals surface area contributed by atoms with Crippen LogP contribution in [0.1, 0.15) is 113 Å². The number of allylic oxidation sites excluding steroid dienone is 1. The van der Waals surface area contributed by atoms with E-state index >= 15 is 0 Å². The van der Waals surface area contributed by atoms with Gasteiger partial charge in [-0.05, 0) is 74.1 Å². The smallest absolute Gasteiger partial charge is 0.325 e. The van der Waals surface area contributed by atoms with E-state index in [9.17, 15) is 43.2 Å². The van der Waals surface area contributed by atoms with Gasteiger partial charge in [-0.1, -0.05) is 114 Å². The number of nitrogens with one attached hydrogen (secondary N) is 5. The Labute approximate surface area is 457 Å². The number of aromatic amines is 1. The second kappa shape index (κ2) is 28.1. The summed E-state index contributed by atoms with van der Waals surface area (Å²) in [6.45, 7) is 3.00. The van der Waals surface area contributed by atoms with E-state index in [0.29, 0.717) is 30.5 Å². The van der Waals surface area contributed by atoms with Gasteiger partial charge >= 0.3 is 6.03 Å². The molecule has 77 heavy (non-hydrogen) atoms. The maximum absolute atomic E-state index is 14.8. The number of aliphatic imine (C=N–C) groups is 1. The van der Waals surface area contributed by atoms with Crippen molar-refractivity contribution < 1.29 is 43.2 Å². The van der Waals surface area contributed by atoms with Crippen molar-refractivity contribution in [2.75, 3.05) is 18.1 Å². The number of rotatable bonds is 14. The summed E-state index contributed by atoms with van der Waals surface area (Å²) in [6, 6.07) is 10.4. The van der Waals surface area contributed by atoms with E-state index in [-0.39, 0.29) is 80.7 Å². The number of imide groups is 1. The SMILES string of the molecule is CC(=O)[C@@H]1CSSC[C@H](N2C(=O)N[C@@H](CC3CCCCC3)C2=O)C(=O)N[C@H](C)C(=O)C[C@@H](Cc2cnc[nH]2)C(=O)N[C@H](Cc2ccccc2)C(=O)C[C@@H](CCCN=C(N)N)C(=O)N[C@@H](CC2=CCc3ccccc32)C(=O)C1. The molecule has 2 aliphatic carbocycles. The molecule has 412 valence electrons. The molecule has 7 rings (SSSR count). The summed E-state index contributed by atoms with van der Waals surface area (Å²) in [4.78, 5) is 141. The number of ketones is 4. The quantitative estimate of drug-likeness (QED) is 0.0378. The Morgan fingerprint density at radius 2 is 1.42 bits per heavy atom. The first-order valence-electron chi connectivity index (χ1n) is 26.8. The summed E-state index contributed by atoms with van der Waals surface area (Å²) >= 11 is 0. The molecule has 19 nitrogen and oxygen atoms in total. The molecule has 8 atom stereocenters. The van der Waals surface area contributed by atoms with E-state index in [1.54, 1.807) is 24.3 Å². The number of aromatic nitrogens is 2. The Bertz CT molecular complexity index is 2670. The van der Waals surface area contributed by atoms with Gasteiger partial charge in [0.25, 0.3) is 5.91 Å². The molecule has 0 unspecified atom stereocenters. The van der Waals surface area contributed by atoms with Crippen LogP contribution in [0, 0.1) is 23.7 Å². The first kappa shape index (κ1) is 58.1. The minimum Gasteiger partial charge on any atom is -0.370 e. The van der Waals surface area contributed by atoms with E-state index in [4.69, 9.17) is 11.5 Å². The fourth-order valence-electron chi connectivity index (χ4n) is 10.6. The number of hydrogen-bond acceptors (Lipinski definition) is 13. The van der Waals surface area contributed by atoms with Gasteiger partial charge in [0.05, 0.1) is 30.4 Å². The van der Waals surface area contributed by atoms with Crippen LogP contribution in [0.25, 0.3) is 5.57 Å². The molecular weight excluding hydrogens is 1020 g/mol. The van der Waals surface area contributed by atoms with E-state index < -0.39 is 95.0 Å². The zero-order valence-corrected chi connectivity index (χ0v) is 45.5. The van der Waals surface area contributed by atoms with E-state index in [1.807, 2.05) is 36.4 Å². The first-order valence-corrected chi connectivity index (χ1v) is 29.2. The lowest BCUT2D eigenvalue weighted by Crippen LogP contribution is -2.54. The molecule has 6 amide bonds. The van der Waals surface area contributed by atoms with Crippen molar-refractivity contribution in [1.29, 1.82) is 0 Å². The molecular formula is C56H72N10O9S2. The van der Waals surface area contributed by atoms with Crippen LogP contribution in [0.3, 0.4) is 0 Å². The summed E-state index contributed by atoms with van der Waals surface area (Å²) in [7, 11) is 2.34. The fourth-order valence-corrected chi connectivity index (χ4v) is 13.2. The van der Waals surface area contributed by atoms with Gasteiger partial charge in [0.2, 0.25) is 17.7 Å². The number of benzene rings is 2. The average molecular weight is 1090 g/mol. The van der Waals surface area contributed by atoms with Crippen LogP contribution in [0.5, 0.6) is 0 Å². The predicted molar refractivity (Wildman–Crippen MR) is 296 cm³/mol. The van der Waals surface area contributed by atoms with Crippen LogP contribution in [-0.2, 0) is 57.6 Å². The Hall–Kier alpha value is -6.61. The monoisotopic (exact) mass is 1090 g/mol. The van der Waals surface area contributed by atoms with Crippen molar-refractivity contribution in [2.24, 2.45) is 40.1 Å². The Kier molecular flexibility index (Phi) is 21.2. The molecule has 1 saturated carbocycles. The van der Waals surface area contributed by atoms with Crippen molar-refractivity contribution in [3.8, 4) is 0 Å². The van der Waals surface area contributed by atoms with Crippen molar-refractivity contribution >= 4 is 85.9 Å². The van der Waals surface area contributed by atoms with Crippen molar-refractivity contribution in [3.63, 3.8) is 0 Å². The van der Waals surface area contributed by atoms with Gasteiger partial charge in [-0.15, -0.1) is 0 Å². The molecule has 1 aromatic heterocycles. The van der Waals surface area contributed by atoms with Gasteiger partial charge in [0, 0.05) is 73.9 Å². The highest BCUT2D eigenvalue weighted by Gasteiger charge is 2.46. The summed E-state index contributed by atoms with van der Waals surface area (Å²) in [6.07, 6.45) is 10.6. The molecule has 2 saturated heterocycles. The zero-order valence-electron chi connectivity index (χ0n) is 43.8. The number of hydrogen-bond donors (Lipinski definition) is 7. The van der Waals surface area contributed by atoms with Crippen molar-refractivity contribution in [3.05, 3.63) is 95.6 Å². The standard InChI is InChI=1S/C56H72N10O9S2/c1-33-48(68)27-40(24-42-29-59-32-61-42)52(72)63-44(22-35-12-5-3-6-13-35)49(69)26-39(17-11-21-60-55(57)58)51(71)64-45(25-38-20-19-37-16-9-10-18-43(37)38)50(70)28-41(34(2)67)30-76-77-31-47(53(73)62-33)66-54(74)46(65-56(66)75)23-36-14-7-4-8-15-36/h3,5-6,9-10,12-13,16,18,20,29,32-33,36,39-41,44-47H,4,7-8,11,14-15,17,19,21-28,30-31H2,1-2H3,(H,59,61)(H,62,73)(H,63,72)(H,64,71)(H,65,75)(H4,57,58,60)/t33-,39-,40-,41+,44-,45+,46+,47+/m1/s1. The highest BCUT2D eigenvalue weighted by atomic mass is 33.1.